The summed E-state index contributed by atoms with van der Waals surface area (Å²) in [7, 11) is 0. The van der Waals surface area contributed by atoms with E-state index in [4.69, 9.17) is 28.2 Å². The summed E-state index contributed by atoms with van der Waals surface area (Å²) in [5, 5.41) is 4.85. The van der Waals surface area contributed by atoms with Gasteiger partial charge < -0.3 is 5.32 Å². The third kappa shape index (κ3) is 3.46. The van der Waals surface area contributed by atoms with Crippen molar-refractivity contribution >= 4 is 29.0 Å². The van der Waals surface area contributed by atoms with Crippen LogP contribution in [0.1, 0.15) is 28.8 Å². The van der Waals surface area contributed by atoms with E-state index in [0.717, 1.165) is 22.5 Å². The molecule has 0 radical (unpaired) electrons. The van der Waals surface area contributed by atoms with E-state index in [9.17, 15) is 4.39 Å². The highest BCUT2D eigenvalue weighted by Gasteiger charge is 2.31. The first-order chi connectivity index (χ1) is 12.6. The van der Waals surface area contributed by atoms with Gasteiger partial charge >= 0.3 is 0 Å². The summed E-state index contributed by atoms with van der Waals surface area (Å²) in [6.45, 7) is 0. The minimum atomic E-state index is -0.268. The summed E-state index contributed by atoms with van der Waals surface area (Å²) in [5.41, 5.74) is 2.98. The van der Waals surface area contributed by atoms with Crippen molar-refractivity contribution in [1.29, 1.82) is 0 Å². The van der Waals surface area contributed by atoms with E-state index >= 15 is 0 Å². The number of hydrogen-bond acceptors (Lipinski definition) is 2. The van der Waals surface area contributed by atoms with Gasteiger partial charge in [-0.05, 0) is 59.7 Å². The van der Waals surface area contributed by atoms with Crippen LogP contribution in [0.15, 0.2) is 77.8 Å². The van der Waals surface area contributed by atoms with Crippen LogP contribution in [0.3, 0.4) is 0 Å². The Morgan fingerprint density at radius 2 is 1.27 bits per heavy atom. The van der Waals surface area contributed by atoms with Gasteiger partial charge in [0.25, 0.3) is 0 Å². The molecule has 2 atom stereocenters. The Kier molecular flexibility index (Phi) is 4.66. The highest BCUT2D eigenvalue weighted by molar-refractivity contribution is 6.30. The quantitative estimate of drug-likeness (QED) is 0.591. The van der Waals surface area contributed by atoms with Crippen molar-refractivity contribution in [3.8, 4) is 0 Å². The zero-order chi connectivity index (χ0) is 18.1. The lowest BCUT2D eigenvalue weighted by Gasteiger charge is -2.20. The first-order valence-corrected chi connectivity index (χ1v) is 8.97. The molecule has 3 aromatic rings. The lowest BCUT2D eigenvalue weighted by Crippen LogP contribution is -2.25. The van der Waals surface area contributed by atoms with Crippen molar-refractivity contribution in [3.05, 3.63) is 105 Å². The van der Waals surface area contributed by atoms with Gasteiger partial charge in [-0.15, -0.1) is 0 Å². The van der Waals surface area contributed by atoms with Crippen LogP contribution in [0, 0.1) is 5.82 Å². The Bertz CT molecular complexity index is 935. The second-order valence-corrected chi connectivity index (χ2v) is 7.03. The summed E-state index contributed by atoms with van der Waals surface area (Å²) in [4.78, 5) is 4.88. The molecule has 26 heavy (non-hydrogen) atoms. The molecule has 0 bridgehead atoms. The Balaban J connectivity index is 1.74. The summed E-state index contributed by atoms with van der Waals surface area (Å²) in [6, 6.07) is 21.6. The molecule has 0 fully saturated rings. The highest BCUT2D eigenvalue weighted by atomic mass is 35.5. The third-order valence-corrected chi connectivity index (χ3v) is 4.94. The highest BCUT2D eigenvalue weighted by Crippen LogP contribution is 2.37. The second kappa shape index (κ2) is 7.10. The molecule has 2 nitrogen and oxygen atoms in total. The summed E-state index contributed by atoms with van der Waals surface area (Å²) < 4.78 is 13.2. The van der Waals surface area contributed by atoms with Crippen LogP contribution < -0.4 is 5.32 Å². The molecular formula is C21H15Cl2FN2. The van der Waals surface area contributed by atoms with Crippen molar-refractivity contribution < 1.29 is 4.39 Å². The van der Waals surface area contributed by atoms with Gasteiger partial charge in [0.2, 0.25) is 0 Å². The van der Waals surface area contributed by atoms with Gasteiger partial charge in [0.15, 0.2) is 0 Å². The first-order valence-electron chi connectivity index (χ1n) is 8.21. The number of benzene rings is 3. The summed E-state index contributed by atoms with van der Waals surface area (Å²) >= 11 is 12.1. The van der Waals surface area contributed by atoms with Crippen LogP contribution in [-0.2, 0) is 0 Å². The Labute approximate surface area is 161 Å². The number of halogens is 3. The first kappa shape index (κ1) is 17.1. The number of nitrogens with zero attached hydrogens (tertiary/aromatic N) is 1. The van der Waals surface area contributed by atoms with Gasteiger partial charge in [-0.1, -0.05) is 47.5 Å². The van der Waals surface area contributed by atoms with Crippen molar-refractivity contribution in [2.45, 2.75) is 12.1 Å². The normalized spacial score (nSPS) is 19.1. The minimum Gasteiger partial charge on any atom is -0.361 e. The molecule has 4 rings (SSSR count). The lowest BCUT2D eigenvalue weighted by atomic mass is 9.95. The maximum absolute atomic E-state index is 13.2. The van der Waals surface area contributed by atoms with Crippen LogP contribution in [0.25, 0.3) is 0 Å². The molecule has 3 aromatic carbocycles. The monoisotopic (exact) mass is 384 g/mol. The van der Waals surface area contributed by atoms with Crippen LogP contribution in [0.2, 0.25) is 10.0 Å². The second-order valence-electron chi connectivity index (χ2n) is 6.15. The fraction of sp³-hybridized carbons (Fsp3) is 0.0952. The molecular weight excluding hydrogens is 370 g/mol. The molecule has 1 heterocycles. The maximum atomic E-state index is 13.2. The van der Waals surface area contributed by atoms with Gasteiger partial charge in [0.05, 0.1) is 6.04 Å². The third-order valence-electron chi connectivity index (χ3n) is 4.43. The zero-order valence-corrected chi connectivity index (χ0v) is 15.2. The molecule has 1 aliphatic rings. The molecule has 130 valence electrons. The van der Waals surface area contributed by atoms with Crippen LogP contribution >= 0.6 is 23.2 Å². The van der Waals surface area contributed by atoms with Crippen molar-refractivity contribution in [3.63, 3.8) is 0 Å². The van der Waals surface area contributed by atoms with Crippen LogP contribution in [0.4, 0.5) is 4.39 Å². The van der Waals surface area contributed by atoms with Crippen molar-refractivity contribution in [2.24, 2.45) is 4.99 Å². The number of amidine groups is 1. The fourth-order valence-corrected chi connectivity index (χ4v) is 3.36. The van der Waals surface area contributed by atoms with Gasteiger partial charge in [-0.25, -0.2) is 4.39 Å². The topological polar surface area (TPSA) is 24.4 Å². The zero-order valence-electron chi connectivity index (χ0n) is 13.7. The molecule has 0 saturated heterocycles. The average Bonchev–Trinajstić information content (AvgIpc) is 3.09. The molecule has 1 N–H and O–H groups in total. The molecule has 0 amide bonds. The molecule has 0 saturated carbocycles. The number of aliphatic imine (C=N–C) groups is 1. The number of nitrogens with one attached hydrogen (secondary N) is 1. The average molecular weight is 385 g/mol. The standard InChI is InChI=1S/C21H15Cl2FN2/c22-16-7-1-13(2-8-16)19-20(14-3-9-17(23)10-4-14)26-21(25-19)15-5-11-18(24)12-6-15/h1-12,19-20H,(H,25,26)/t19-,20+. The maximum Gasteiger partial charge on any atom is 0.129 e. The number of hydrogen-bond donors (Lipinski definition) is 1. The van der Waals surface area contributed by atoms with Crippen LogP contribution in [0.5, 0.6) is 0 Å². The smallest absolute Gasteiger partial charge is 0.129 e. The molecule has 0 unspecified atom stereocenters. The van der Waals surface area contributed by atoms with Crippen LogP contribution in [-0.4, -0.2) is 5.84 Å². The van der Waals surface area contributed by atoms with E-state index in [1.54, 1.807) is 12.1 Å². The Morgan fingerprint density at radius 1 is 0.731 bits per heavy atom. The molecule has 5 heteroatoms. The predicted molar refractivity (Wildman–Crippen MR) is 104 cm³/mol. The largest absolute Gasteiger partial charge is 0.361 e. The predicted octanol–water partition coefficient (Wildman–Crippen LogP) is 5.96. The van der Waals surface area contributed by atoms with E-state index in [1.165, 1.54) is 12.1 Å². The Morgan fingerprint density at radius 3 is 1.85 bits per heavy atom. The van der Waals surface area contributed by atoms with E-state index < -0.39 is 0 Å². The number of rotatable bonds is 3. The SMILES string of the molecule is Fc1ccc(C2=N[C@H](c3ccc(Cl)cc3)[C@H](c3ccc(Cl)cc3)N2)cc1. The van der Waals surface area contributed by atoms with Gasteiger partial charge in [0.1, 0.15) is 17.7 Å². The van der Waals surface area contributed by atoms with E-state index in [2.05, 4.69) is 5.32 Å². The molecule has 1 aliphatic heterocycles. The van der Waals surface area contributed by atoms with Gasteiger partial charge in [-0.3, -0.25) is 4.99 Å². The van der Waals surface area contributed by atoms with Crippen molar-refractivity contribution in [2.75, 3.05) is 0 Å². The van der Waals surface area contributed by atoms with Gasteiger partial charge in [-0.2, -0.15) is 0 Å². The summed E-state index contributed by atoms with van der Waals surface area (Å²) in [6.07, 6.45) is 0. The Hall–Kier alpha value is -2.36. The van der Waals surface area contributed by atoms with E-state index in [1.807, 2.05) is 48.5 Å². The fourth-order valence-electron chi connectivity index (χ4n) is 3.11. The van der Waals surface area contributed by atoms with E-state index in [0.29, 0.717) is 10.0 Å². The van der Waals surface area contributed by atoms with Crippen molar-refractivity contribution in [1.82, 2.24) is 5.32 Å². The molecule has 0 aliphatic carbocycles. The van der Waals surface area contributed by atoms with E-state index in [-0.39, 0.29) is 17.9 Å². The van der Waals surface area contributed by atoms with Gasteiger partial charge in [0, 0.05) is 15.6 Å². The minimum absolute atomic E-state index is 0.0477. The summed E-state index contributed by atoms with van der Waals surface area (Å²) in [5.74, 6) is 0.473. The molecule has 0 aromatic heterocycles. The molecule has 0 spiro atoms. The lowest BCUT2D eigenvalue weighted by molar-refractivity contribution is 0.572.